The highest BCUT2D eigenvalue weighted by Gasteiger charge is 2.13. The molecular formula is C18H15N3O. The molecule has 1 amide bonds. The van der Waals surface area contributed by atoms with Crippen molar-refractivity contribution < 1.29 is 4.79 Å². The number of benzene rings is 2. The van der Waals surface area contributed by atoms with E-state index in [0.29, 0.717) is 5.56 Å². The van der Waals surface area contributed by atoms with Gasteiger partial charge in [0.1, 0.15) is 0 Å². The maximum Gasteiger partial charge on any atom is 0.257 e. The number of nitrogens with one attached hydrogen (secondary N) is 2. The maximum atomic E-state index is 12.7. The van der Waals surface area contributed by atoms with Gasteiger partial charge in [-0.1, -0.05) is 24.3 Å². The molecule has 2 aromatic carbocycles. The Hall–Kier alpha value is -3.01. The largest absolute Gasteiger partial charge is 0.359 e. The summed E-state index contributed by atoms with van der Waals surface area (Å²) in [5.74, 6) is -0.102. The minimum absolute atomic E-state index is 0.102. The number of H-pyrrole nitrogens is 1. The number of nitrogens with zero attached hydrogens (tertiary/aromatic N) is 1. The van der Waals surface area contributed by atoms with Crippen molar-refractivity contribution in [3.63, 3.8) is 0 Å². The van der Waals surface area contributed by atoms with E-state index in [0.717, 1.165) is 27.5 Å². The first kappa shape index (κ1) is 12.7. The zero-order valence-electron chi connectivity index (χ0n) is 12.1. The molecule has 4 aromatic rings. The lowest BCUT2D eigenvalue weighted by Crippen LogP contribution is -2.13. The number of aromatic nitrogens is 2. The van der Waals surface area contributed by atoms with Crippen LogP contribution in [0.3, 0.4) is 0 Å². The Kier molecular flexibility index (Phi) is 2.76. The van der Waals surface area contributed by atoms with Crippen molar-refractivity contribution in [3.05, 3.63) is 66.5 Å². The van der Waals surface area contributed by atoms with Gasteiger partial charge >= 0.3 is 0 Å². The van der Waals surface area contributed by atoms with Gasteiger partial charge in [0.05, 0.1) is 22.3 Å². The first-order valence-corrected chi connectivity index (χ1v) is 7.15. The van der Waals surface area contributed by atoms with Crippen LogP contribution in [0.1, 0.15) is 10.4 Å². The van der Waals surface area contributed by atoms with Gasteiger partial charge in [-0.3, -0.25) is 4.79 Å². The summed E-state index contributed by atoms with van der Waals surface area (Å²) in [5.41, 5.74) is 3.35. The number of rotatable bonds is 2. The fourth-order valence-corrected chi connectivity index (χ4v) is 2.92. The molecule has 22 heavy (non-hydrogen) atoms. The Morgan fingerprint density at radius 1 is 1.05 bits per heavy atom. The number of fused-ring (bicyclic) bond motifs is 2. The third kappa shape index (κ3) is 1.89. The van der Waals surface area contributed by atoms with Gasteiger partial charge in [0.15, 0.2) is 0 Å². The minimum atomic E-state index is -0.102. The SMILES string of the molecule is Cn1ccc2cccc(C(=O)Nc3cccc4cc[nH]c34)c21. The predicted octanol–water partition coefficient (Wildman–Crippen LogP) is 3.91. The van der Waals surface area contributed by atoms with E-state index in [1.807, 2.05) is 72.5 Å². The van der Waals surface area contributed by atoms with Crippen LogP contribution in [0.5, 0.6) is 0 Å². The number of aromatic amines is 1. The second-order valence-electron chi connectivity index (χ2n) is 5.37. The molecule has 4 nitrogen and oxygen atoms in total. The van der Waals surface area contributed by atoms with E-state index in [4.69, 9.17) is 0 Å². The lowest BCUT2D eigenvalue weighted by Gasteiger charge is -2.09. The van der Waals surface area contributed by atoms with E-state index in [-0.39, 0.29) is 5.91 Å². The molecule has 0 aliphatic rings. The molecule has 4 heteroatoms. The van der Waals surface area contributed by atoms with Crippen LogP contribution in [-0.2, 0) is 7.05 Å². The van der Waals surface area contributed by atoms with E-state index in [1.165, 1.54) is 0 Å². The van der Waals surface area contributed by atoms with Gasteiger partial charge in [-0.05, 0) is 24.3 Å². The van der Waals surface area contributed by atoms with Gasteiger partial charge in [0.25, 0.3) is 5.91 Å². The van der Waals surface area contributed by atoms with Crippen LogP contribution in [0.25, 0.3) is 21.8 Å². The average molecular weight is 289 g/mol. The lowest BCUT2D eigenvalue weighted by molar-refractivity contribution is 0.102. The predicted molar refractivity (Wildman–Crippen MR) is 89.2 cm³/mol. The normalized spacial score (nSPS) is 11.1. The van der Waals surface area contributed by atoms with E-state index in [9.17, 15) is 4.79 Å². The monoisotopic (exact) mass is 289 g/mol. The molecule has 2 heterocycles. The van der Waals surface area contributed by atoms with Crippen LogP contribution in [0.4, 0.5) is 5.69 Å². The zero-order chi connectivity index (χ0) is 15.1. The molecule has 0 bridgehead atoms. The van der Waals surface area contributed by atoms with Crippen molar-refractivity contribution in [1.29, 1.82) is 0 Å². The van der Waals surface area contributed by atoms with Crippen molar-refractivity contribution in [2.75, 3.05) is 5.32 Å². The summed E-state index contributed by atoms with van der Waals surface area (Å²) in [6.07, 6.45) is 3.84. The number of aryl methyl sites for hydroxylation is 1. The van der Waals surface area contributed by atoms with E-state index in [1.54, 1.807) is 0 Å². The van der Waals surface area contributed by atoms with Gasteiger partial charge in [-0.15, -0.1) is 0 Å². The Bertz CT molecular complexity index is 994. The number of para-hydroxylation sites is 2. The van der Waals surface area contributed by atoms with E-state index in [2.05, 4.69) is 10.3 Å². The summed E-state index contributed by atoms with van der Waals surface area (Å²) >= 11 is 0. The fraction of sp³-hybridized carbons (Fsp3) is 0.0556. The number of anilines is 1. The topological polar surface area (TPSA) is 49.8 Å². The molecule has 0 aliphatic heterocycles. The first-order valence-electron chi connectivity index (χ1n) is 7.15. The molecule has 0 aliphatic carbocycles. The van der Waals surface area contributed by atoms with Crippen LogP contribution < -0.4 is 5.32 Å². The summed E-state index contributed by atoms with van der Waals surface area (Å²) in [5, 5.41) is 5.15. The number of hydrogen-bond acceptors (Lipinski definition) is 1. The third-order valence-corrected chi connectivity index (χ3v) is 3.98. The highest BCUT2D eigenvalue weighted by molar-refractivity contribution is 6.14. The van der Waals surface area contributed by atoms with Crippen LogP contribution in [0.15, 0.2) is 60.9 Å². The Morgan fingerprint density at radius 3 is 2.77 bits per heavy atom. The molecule has 4 rings (SSSR count). The Labute approximate surface area is 127 Å². The van der Waals surface area contributed by atoms with Gasteiger partial charge in [0, 0.05) is 30.2 Å². The third-order valence-electron chi connectivity index (χ3n) is 3.98. The first-order chi connectivity index (χ1) is 10.7. The van der Waals surface area contributed by atoms with E-state index < -0.39 is 0 Å². The molecular weight excluding hydrogens is 274 g/mol. The van der Waals surface area contributed by atoms with Gasteiger partial charge in [0.2, 0.25) is 0 Å². The van der Waals surface area contributed by atoms with Crippen LogP contribution in [0.2, 0.25) is 0 Å². The number of carbonyl (C=O) groups excluding carboxylic acids is 1. The number of carbonyl (C=O) groups is 1. The summed E-state index contributed by atoms with van der Waals surface area (Å²) in [6, 6.07) is 15.6. The van der Waals surface area contributed by atoms with Crippen molar-refractivity contribution in [2.45, 2.75) is 0 Å². The minimum Gasteiger partial charge on any atom is -0.359 e. The molecule has 2 N–H and O–H groups in total. The van der Waals surface area contributed by atoms with Crippen LogP contribution in [-0.4, -0.2) is 15.5 Å². The molecule has 0 saturated heterocycles. The summed E-state index contributed by atoms with van der Waals surface area (Å²) in [6.45, 7) is 0. The van der Waals surface area contributed by atoms with Crippen molar-refractivity contribution in [2.24, 2.45) is 7.05 Å². The lowest BCUT2D eigenvalue weighted by atomic mass is 10.1. The zero-order valence-corrected chi connectivity index (χ0v) is 12.1. The highest BCUT2D eigenvalue weighted by atomic mass is 16.1. The Morgan fingerprint density at radius 2 is 1.86 bits per heavy atom. The molecule has 108 valence electrons. The van der Waals surface area contributed by atoms with E-state index >= 15 is 0 Å². The quantitative estimate of drug-likeness (QED) is 0.577. The summed E-state index contributed by atoms with van der Waals surface area (Å²) < 4.78 is 1.97. The molecule has 2 aromatic heterocycles. The van der Waals surface area contributed by atoms with Crippen LogP contribution in [0, 0.1) is 0 Å². The molecule has 0 atom stereocenters. The summed E-state index contributed by atoms with van der Waals surface area (Å²) in [4.78, 5) is 15.9. The molecule has 0 radical (unpaired) electrons. The smallest absolute Gasteiger partial charge is 0.257 e. The van der Waals surface area contributed by atoms with Crippen molar-refractivity contribution in [3.8, 4) is 0 Å². The second-order valence-corrected chi connectivity index (χ2v) is 5.37. The molecule has 0 fully saturated rings. The van der Waals surface area contributed by atoms with Gasteiger partial charge in [-0.25, -0.2) is 0 Å². The van der Waals surface area contributed by atoms with Crippen LogP contribution >= 0.6 is 0 Å². The van der Waals surface area contributed by atoms with Gasteiger partial charge in [-0.2, -0.15) is 0 Å². The second kappa shape index (κ2) is 4.77. The molecule has 0 unspecified atom stereocenters. The highest BCUT2D eigenvalue weighted by Crippen LogP contribution is 2.24. The standard InChI is InChI=1S/C18H15N3O/c1-21-11-9-13-5-2-6-14(17(13)21)18(22)20-15-7-3-4-12-8-10-19-16(12)15/h2-11,19H,1H3,(H,20,22). The van der Waals surface area contributed by atoms with Crippen molar-refractivity contribution >= 4 is 33.4 Å². The average Bonchev–Trinajstić information content (AvgIpc) is 3.15. The molecule has 0 saturated carbocycles. The number of hydrogen-bond donors (Lipinski definition) is 2. The Balaban J connectivity index is 1.78. The number of amides is 1. The fourth-order valence-electron chi connectivity index (χ4n) is 2.92. The summed E-state index contributed by atoms with van der Waals surface area (Å²) in [7, 11) is 1.95. The van der Waals surface area contributed by atoms with Crippen molar-refractivity contribution in [1.82, 2.24) is 9.55 Å². The maximum absolute atomic E-state index is 12.7. The molecule has 0 spiro atoms. The van der Waals surface area contributed by atoms with Gasteiger partial charge < -0.3 is 14.9 Å².